The van der Waals surface area contributed by atoms with Crippen molar-refractivity contribution < 1.29 is 8.78 Å². The van der Waals surface area contributed by atoms with Crippen LogP contribution in [0.5, 0.6) is 0 Å². The van der Waals surface area contributed by atoms with Gasteiger partial charge in [0, 0.05) is 44.5 Å². The van der Waals surface area contributed by atoms with Crippen LogP contribution in [0.3, 0.4) is 0 Å². The Morgan fingerprint density at radius 1 is 1.37 bits per heavy atom. The molecule has 0 aliphatic carbocycles. The summed E-state index contributed by atoms with van der Waals surface area (Å²) >= 11 is 1.64. The molecule has 2 aromatic rings. The minimum atomic E-state index is -0.522. The third kappa shape index (κ3) is 5.74. The van der Waals surface area contributed by atoms with Gasteiger partial charge in [-0.3, -0.25) is 4.99 Å². The van der Waals surface area contributed by atoms with E-state index in [1.807, 2.05) is 6.92 Å². The van der Waals surface area contributed by atoms with Crippen LogP contribution in [-0.2, 0) is 6.42 Å². The van der Waals surface area contributed by atoms with Gasteiger partial charge in [-0.15, -0.1) is 35.3 Å². The van der Waals surface area contributed by atoms with Gasteiger partial charge in [0.15, 0.2) is 5.96 Å². The highest BCUT2D eigenvalue weighted by Gasteiger charge is 2.27. The Bertz CT molecular complexity index is 763. The number of nitrogens with one attached hydrogen (secondary N) is 2. The van der Waals surface area contributed by atoms with E-state index in [1.165, 1.54) is 18.2 Å². The first-order valence-electron chi connectivity index (χ1n) is 8.64. The summed E-state index contributed by atoms with van der Waals surface area (Å²) in [6.45, 7) is 3.85. The lowest BCUT2D eigenvalue weighted by atomic mass is 10.2. The Morgan fingerprint density at radius 2 is 2.11 bits per heavy atom. The number of guanidine groups is 1. The Morgan fingerprint density at radius 3 is 2.74 bits per heavy atom. The summed E-state index contributed by atoms with van der Waals surface area (Å²) < 4.78 is 27.9. The predicted octanol–water partition coefficient (Wildman–Crippen LogP) is 3.33. The number of rotatable bonds is 5. The van der Waals surface area contributed by atoms with Gasteiger partial charge in [-0.25, -0.2) is 13.8 Å². The van der Waals surface area contributed by atoms with E-state index in [2.05, 4.69) is 26.0 Å². The largest absolute Gasteiger partial charge is 0.365 e. The molecule has 148 valence electrons. The van der Waals surface area contributed by atoms with Gasteiger partial charge in [-0.2, -0.15) is 0 Å². The van der Waals surface area contributed by atoms with Crippen LogP contribution in [0.15, 0.2) is 28.6 Å². The van der Waals surface area contributed by atoms with Gasteiger partial charge in [0.2, 0.25) is 0 Å². The molecule has 1 saturated heterocycles. The van der Waals surface area contributed by atoms with Gasteiger partial charge in [0.05, 0.1) is 10.7 Å². The lowest BCUT2D eigenvalue weighted by molar-refractivity contribution is 0.576. The summed E-state index contributed by atoms with van der Waals surface area (Å²) in [7, 11) is 1.71. The van der Waals surface area contributed by atoms with Gasteiger partial charge < -0.3 is 15.5 Å². The number of hydrogen-bond acceptors (Lipinski definition) is 4. The van der Waals surface area contributed by atoms with Crippen molar-refractivity contribution in [2.24, 2.45) is 4.99 Å². The second-order valence-electron chi connectivity index (χ2n) is 6.25. The molecule has 2 heterocycles. The molecule has 1 aliphatic rings. The van der Waals surface area contributed by atoms with Crippen LogP contribution in [0.25, 0.3) is 0 Å². The molecule has 1 unspecified atom stereocenters. The number of hydrogen-bond donors (Lipinski definition) is 2. The summed E-state index contributed by atoms with van der Waals surface area (Å²) in [5, 5.41) is 9.72. The fourth-order valence-electron chi connectivity index (χ4n) is 3.09. The molecule has 0 radical (unpaired) electrons. The quantitative estimate of drug-likeness (QED) is 0.371. The van der Waals surface area contributed by atoms with E-state index in [0.717, 1.165) is 30.1 Å². The summed E-state index contributed by atoms with van der Waals surface area (Å²) in [6, 6.07) is 4.05. The third-order valence-corrected chi connectivity index (χ3v) is 5.17. The Kier molecular flexibility index (Phi) is 8.21. The van der Waals surface area contributed by atoms with Crippen molar-refractivity contribution in [1.29, 1.82) is 0 Å². The first-order chi connectivity index (χ1) is 12.6. The van der Waals surface area contributed by atoms with Crippen LogP contribution in [0.2, 0.25) is 0 Å². The van der Waals surface area contributed by atoms with Crippen LogP contribution >= 0.6 is 35.3 Å². The molecule has 27 heavy (non-hydrogen) atoms. The molecule has 1 aromatic carbocycles. The van der Waals surface area contributed by atoms with E-state index < -0.39 is 11.6 Å². The molecule has 0 saturated carbocycles. The van der Waals surface area contributed by atoms with Crippen molar-refractivity contribution in [2.75, 3.05) is 31.6 Å². The SMILES string of the molecule is CN=C(NCCc1csc(C)n1)NC1CCN(c2c(F)cccc2F)C1.I. The smallest absolute Gasteiger partial charge is 0.191 e. The number of halogens is 3. The fourth-order valence-corrected chi connectivity index (χ4v) is 3.74. The molecule has 2 N–H and O–H groups in total. The lowest BCUT2D eigenvalue weighted by Gasteiger charge is -2.21. The predicted molar refractivity (Wildman–Crippen MR) is 117 cm³/mol. The van der Waals surface area contributed by atoms with Gasteiger partial charge >= 0.3 is 0 Å². The monoisotopic (exact) mass is 507 g/mol. The van der Waals surface area contributed by atoms with E-state index in [-0.39, 0.29) is 35.7 Å². The maximum absolute atomic E-state index is 13.9. The number of anilines is 1. The molecular formula is C18H24F2IN5S. The first kappa shape index (κ1) is 21.8. The summed E-state index contributed by atoms with van der Waals surface area (Å²) in [5.74, 6) is -0.351. The van der Waals surface area contributed by atoms with Crippen molar-refractivity contribution in [3.8, 4) is 0 Å². The van der Waals surface area contributed by atoms with E-state index >= 15 is 0 Å². The Balaban J connectivity index is 0.00000261. The van der Waals surface area contributed by atoms with Crippen LogP contribution in [0.4, 0.5) is 14.5 Å². The van der Waals surface area contributed by atoms with E-state index in [4.69, 9.17) is 0 Å². The third-order valence-electron chi connectivity index (χ3n) is 4.35. The molecule has 0 spiro atoms. The van der Waals surface area contributed by atoms with Crippen molar-refractivity contribution in [3.05, 3.63) is 45.9 Å². The number of benzene rings is 1. The summed E-state index contributed by atoms with van der Waals surface area (Å²) in [4.78, 5) is 10.4. The molecule has 1 atom stereocenters. The zero-order valence-electron chi connectivity index (χ0n) is 15.3. The molecule has 9 heteroatoms. The minimum Gasteiger partial charge on any atom is -0.365 e. The Labute approximate surface area is 179 Å². The molecular weight excluding hydrogens is 483 g/mol. The lowest BCUT2D eigenvalue weighted by Crippen LogP contribution is -2.45. The van der Waals surface area contributed by atoms with Crippen molar-refractivity contribution in [2.45, 2.75) is 25.8 Å². The highest BCUT2D eigenvalue weighted by Crippen LogP contribution is 2.26. The Hall–Kier alpha value is -1.49. The molecule has 0 bridgehead atoms. The second-order valence-corrected chi connectivity index (χ2v) is 7.32. The summed E-state index contributed by atoms with van der Waals surface area (Å²) in [5.41, 5.74) is 1.12. The van der Waals surface area contributed by atoms with Crippen molar-refractivity contribution in [3.63, 3.8) is 0 Å². The maximum atomic E-state index is 13.9. The van der Waals surface area contributed by atoms with Crippen molar-refractivity contribution in [1.82, 2.24) is 15.6 Å². The van der Waals surface area contributed by atoms with E-state index in [0.29, 0.717) is 19.0 Å². The topological polar surface area (TPSA) is 52.6 Å². The van der Waals surface area contributed by atoms with E-state index in [1.54, 1.807) is 23.3 Å². The van der Waals surface area contributed by atoms with Crippen LogP contribution in [0, 0.1) is 18.6 Å². The van der Waals surface area contributed by atoms with Crippen LogP contribution in [-0.4, -0.2) is 43.7 Å². The first-order valence-corrected chi connectivity index (χ1v) is 9.52. The average molecular weight is 507 g/mol. The van der Waals surface area contributed by atoms with Gasteiger partial charge in [0.25, 0.3) is 0 Å². The highest BCUT2D eigenvalue weighted by molar-refractivity contribution is 14.0. The minimum absolute atomic E-state index is 0. The normalized spacial score (nSPS) is 17.0. The van der Waals surface area contributed by atoms with Gasteiger partial charge in [0.1, 0.15) is 17.3 Å². The number of aryl methyl sites for hydroxylation is 1. The number of nitrogens with zero attached hydrogens (tertiary/aromatic N) is 3. The van der Waals surface area contributed by atoms with E-state index in [9.17, 15) is 8.78 Å². The zero-order chi connectivity index (χ0) is 18.5. The standard InChI is InChI=1S/C18H23F2N5S.HI/c1-12-23-14(11-26-12)6-8-22-18(21-2)24-13-7-9-25(10-13)17-15(19)4-3-5-16(17)20;/h3-5,11,13H,6-10H2,1-2H3,(H2,21,22,24);1H. The van der Waals surface area contributed by atoms with Gasteiger partial charge in [-0.05, 0) is 25.5 Å². The molecule has 1 fully saturated rings. The number of aromatic nitrogens is 1. The average Bonchev–Trinajstić information content (AvgIpc) is 3.23. The fraction of sp³-hybridized carbons (Fsp3) is 0.444. The zero-order valence-corrected chi connectivity index (χ0v) is 18.5. The molecule has 1 aliphatic heterocycles. The molecule has 3 rings (SSSR count). The molecule has 1 aromatic heterocycles. The van der Waals surface area contributed by atoms with Crippen LogP contribution in [0.1, 0.15) is 17.1 Å². The molecule has 5 nitrogen and oxygen atoms in total. The number of aliphatic imine (C=N–C) groups is 1. The van der Waals surface area contributed by atoms with Crippen LogP contribution < -0.4 is 15.5 Å². The maximum Gasteiger partial charge on any atom is 0.191 e. The number of thiazole rings is 1. The second kappa shape index (κ2) is 10.2. The number of para-hydroxylation sites is 1. The van der Waals surface area contributed by atoms with Crippen molar-refractivity contribution >= 4 is 47.0 Å². The van der Waals surface area contributed by atoms with Gasteiger partial charge in [-0.1, -0.05) is 6.07 Å². The molecule has 0 amide bonds. The highest BCUT2D eigenvalue weighted by atomic mass is 127. The summed E-state index contributed by atoms with van der Waals surface area (Å²) in [6.07, 6.45) is 1.61.